The standard InChI is InChI=1S/C26H30N4O2.ClH/c1-18-15-20(7-8-23(18)32-14-10-19-5-3-2-4-6-19)25-22-9-12-30(21-11-13-31-17-21)26(22)29-24(16-27)28-25;/h7-9,12,15,19,21H,2-6,10-11,13-14,17H2,1H3;1H. The average molecular weight is 467 g/mol. The van der Waals surface area contributed by atoms with Crippen LogP contribution >= 0.6 is 12.4 Å². The van der Waals surface area contributed by atoms with Gasteiger partial charge in [0.25, 0.3) is 0 Å². The molecule has 0 amide bonds. The average Bonchev–Trinajstić information content (AvgIpc) is 3.50. The Morgan fingerprint density at radius 2 is 2.00 bits per heavy atom. The number of hydrogen-bond acceptors (Lipinski definition) is 5. The highest BCUT2D eigenvalue weighted by molar-refractivity contribution is 5.91. The van der Waals surface area contributed by atoms with Crippen LogP contribution in [0.15, 0.2) is 30.5 Å². The van der Waals surface area contributed by atoms with Gasteiger partial charge in [0, 0.05) is 23.8 Å². The number of rotatable bonds is 6. The Morgan fingerprint density at radius 3 is 2.73 bits per heavy atom. The van der Waals surface area contributed by atoms with Crippen LogP contribution in [0.4, 0.5) is 0 Å². The van der Waals surface area contributed by atoms with E-state index < -0.39 is 0 Å². The van der Waals surface area contributed by atoms with E-state index in [4.69, 9.17) is 9.47 Å². The molecule has 0 bridgehead atoms. The first-order valence-electron chi connectivity index (χ1n) is 11.8. The molecule has 1 aromatic carbocycles. The molecular formula is C26H31ClN4O2. The van der Waals surface area contributed by atoms with Gasteiger partial charge in [-0.05, 0) is 55.5 Å². The molecule has 1 aliphatic carbocycles. The number of ether oxygens (including phenoxy) is 2. The van der Waals surface area contributed by atoms with Crippen LogP contribution in [-0.2, 0) is 4.74 Å². The molecule has 1 atom stereocenters. The molecule has 33 heavy (non-hydrogen) atoms. The molecule has 1 aliphatic heterocycles. The summed E-state index contributed by atoms with van der Waals surface area (Å²) >= 11 is 0. The first-order chi connectivity index (χ1) is 15.7. The third-order valence-corrected chi connectivity index (χ3v) is 6.93. The Kier molecular flexibility index (Phi) is 7.52. The Morgan fingerprint density at radius 1 is 1.15 bits per heavy atom. The zero-order chi connectivity index (χ0) is 21.9. The molecule has 174 valence electrons. The predicted molar refractivity (Wildman–Crippen MR) is 131 cm³/mol. The van der Waals surface area contributed by atoms with E-state index in [2.05, 4.69) is 33.6 Å². The summed E-state index contributed by atoms with van der Waals surface area (Å²) < 4.78 is 13.8. The second-order valence-electron chi connectivity index (χ2n) is 9.11. The Hall–Kier alpha value is -2.62. The Bertz CT molecular complexity index is 1140. The molecule has 1 saturated heterocycles. The first-order valence-corrected chi connectivity index (χ1v) is 11.8. The normalized spacial score (nSPS) is 18.7. The maximum absolute atomic E-state index is 9.54. The van der Waals surface area contributed by atoms with E-state index in [0.29, 0.717) is 6.61 Å². The summed E-state index contributed by atoms with van der Waals surface area (Å²) in [6, 6.07) is 10.6. The van der Waals surface area contributed by atoms with Gasteiger partial charge in [0.2, 0.25) is 5.82 Å². The summed E-state index contributed by atoms with van der Waals surface area (Å²) in [5, 5.41) is 10.5. The van der Waals surface area contributed by atoms with Crippen LogP contribution in [0, 0.1) is 24.2 Å². The molecule has 5 rings (SSSR count). The zero-order valence-electron chi connectivity index (χ0n) is 19.1. The predicted octanol–water partition coefficient (Wildman–Crippen LogP) is 6.01. The van der Waals surface area contributed by atoms with Gasteiger partial charge in [0.1, 0.15) is 17.5 Å². The minimum Gasteiger partial charge on any atom is -0.493 e. The van der Waals surface area contributed by atoms with Gasteiger partial charge in [-0.2, -0.15) is 5.26 Å². The summed E-state index contributed by atoms with van der Waals surface area (Å²) in [5.41, 5.74) is 3.65. The minimum absolute atomic E-state index is 0. The van der Waals surface area contributed by atoms with Gasteiger partial charge in [-0.25, -0.2) is 9.97 Å². The van der Waals surface area contributed by atoms with E-state index in [-0.39, 0.29) is 24.3 Å². The lowest BCUT2D eigenvalue weighted by Gasteiger charge is -2.21. The highest BCUT2D eigenvalue weighted by Gasteiger charge is 2.22. The van der Waals surface area contributed by atoms with Gasteiger partial charge in [-0.1, -0.05) is 32.1 Å². The van der Waals surface area contributed by atoms with Crippen molar-refractivity contribution in [2.75, 3.05) is 19.8 Å². The van der Waals surface area contributed by atoms with Crippen LogP contribution in [0.1, 0.15) is 62.4 Å². The molecular weight excluding hydrogens is 436 g/mol. The summed E-state index contributed by atoms with van der Waals surface area (Å²) in [6.45, 7) is 4.28. The number of aromatic nitrogens is 3. The van der Waals surface area contributed by atoms with Gasteiger partial charge < -0.3 is 14.0 Å². The summed E-state index contributed by atoms with van der Waals surface area (Å²) in [7, 11) is 0. The van der Waals surface area contributed by atoms with Crippen LogP contribution in [-0.4, -0.2) is 34.4 Å². The maximum atomic E-state index is 9.54. The van der Waals surface area contributed by atoms with Gasteiger partial charge >= 0.3 is 0 Å². The van der Waals surface area contributed by atoms with Crippen LogP contribution in [0.25, 0.3) is 22.3 Å². The minimum atomic E-state index is 0. The molecule has 1 unspecified atom stereocenters. The molecule has 2 fully saturated rings. The highest BCUT2D eigenvalue weighted by Crippen LogP contribution is 2.33. The molecule has 0 N–H and O–H groups in total. The van der Waals surface area contributed by atoms with Gasteiger partial charge in [0.05, 0.1) is 24.9 Å². The number of benzene rings is 1. The second-order valence-corrected chi connectivity index (χ2v) is 9.11. The van der Waals surface area contributed by atoms with E-state index in [1.807, 2.05) is 24.4 Å². The lowest BCUT2D eigenvalue weighted by atomic mass is 9.87. The van der Waals surface area contributed by atoms with Crippen molar-refractivity contribution in [3.8, 4) is 23.1 Å². The summed E-state index contributed by atoms with van der Waals surface area (Å²) in [6.07, 6.45) is 10.9. The van der Waals surface area contributed by atoms with Crippen LogP contribution in [0.3, 0.4) is 0 Å². The molecule has 1 saturated carbocycles. The van der Waals surface area contributed by atoms with Crippen molar-refractivity contribution in [3.05, 3.63) is 41.9 Å². The van der Waals surface area contributed by atoms with Crippen molar-refractivity contribution in [2.24, 2.45) is 5.92 Å². The van der Waals surface area contributed by atoms with Gasteiger partial charge in [-0.15, -0.1) is 12.4 Å². The fourth-order valence-corrected chi connectivity index (χ4v) is 5.11. The Labute approximate surface area is 201 Å². The first kappa shape index (κ1) is 23.5. The molecule has 7 heteroatoms. The zero-order valence-corrected chi connectivity index (χ0v) is 19.9. The van der Waals surface area contributed by atoms with E-state index in [0.717, 1.165) is 65.6 Å². The highest BCUT2D eigenvalue weighted by atomic mass is 35.5. The van der Waals surface area contributed by atoms with E-state index in [1.54, 1.807) is 0 Å². The van der Waals surface area contributed by atoms with E-state index in [9.17, 15) is 5.26 Å². The fourth-order valence-electron chi connectivity index (χ4n) is 5.11. The molecule has 0 radical (unpaired) electrons. The van der Waals surface area contributed by atoms with Crippen LogP contribution < -0.4 is 4.74 Å². The molecule has 3 aromatic rings. The van der Waals surface area contributed by atoms with E-state index in [1.165, 1.54) is 32.1 Å². The molecule has 2 aromatic heterocycles. The molecule has 3 heterocycles. The van der Waals surface area contributed by atoms with Crippen molar-refractivity contribution in [1.29, 1.82) is 5.26 Å². The SMILES string of the molecule is Cc1cc(-c2nc(C#N)nc3c2ccn3C2CCOC2)ccc1OCCC1CCCCC1.Cl. The number of hydrogen-bond donors (Lipinski definition) is 0. The monoisotopic (exact) mass is 466 g/mol. The molecule has 0 spiro atoms. The third kappa shape index (κ3) is 5.00. The number of fused-ring (bicyclic) bond motifs is 1. The van der Waals surface area contributed by atoms with Crippen molar-refractivity contribution in [2.45, 2.75) is 57.9 Å². The lowest BCUT2D eigenvalue weighted by Crippen LogP contribution is -2.11. The van der Waals surface area contributed by atoms with Crippen molar-refractivity contribution >= 4 is 23.4 Å². The number of halogens is 1. The molecule has 6 nitrogen and oxygen atoms in total. The summed E-state index contributed by atoms with van der Waals surface area (Å²) in [4.78, 5) is 9.09. The maximum Gasteiger partial charge on any atom is 0.234 e. The topological polar surface area (TPSA) is 73.0 Å². The molecule has 2 aliphatic rings. The quantitative estimate of drug-likeness (QED) is 0.444. The van der Waals surface area contributed by atoms with Gasteiger partial charge in [0.15, 0.2) is 0 Å². The largest absolute Gasteiger partial charge is 0.493 e. The van der Waals surface area contributed by atoms with Crippen molar-refractivity contribution in [3.63, 3.8) is 0 Å². The number of aryl methyl sites for hydroxylation is 1. The van der Waals surface area contributed by atoms with Gasteiger partial charge in [-0.3, -0.25) is 0 Å². The van der Waals surface area contributed by atoms with Crippen molar-refractivity contribution < 1.29 is 9.47 Å². The number of nitrogens with zero attached hydrogens (tertiary/aromatic N) is 4. The van der Waals surface area contributed by atoms with E-state index >= 15 is 0 Å². The van der Waals surface area contributed by atoms with Crippen LogP contribution in [0.5, 0.6) is 5.75 Å². The fraction of sp³-hybridized carbons (Fsp3) is 0.500. The number of nitriles is 1. The third-order valence-electron chi connectivity index (χ3n) is 6.93. The Balaban J connectivity index is 0.00000259. The smallest absolute Gasteiger partial charge is 0.234 e. The summed E-state index contributed by atoms with van der Waals surface area (Å²) in [5.74, 6) is 1.93. The van der Waals surface area contributed by atoms with Crippen LogP contribution in [0.2, 0.25) is 0 Å². The second kappa shape index (κ2) is 10.5. The van der Waals surface area contributed by atoms with Crippen molar-refractivity contribution in [1.82, 2.24) is 14.5 Å². The lowest BCUT2D eigenvalue weighted by molar-refractivity contribution is 0.187.